The fourth-order valence-electron chi connectivity index (χ4n) is 2.66. The molecule has 1 heterocycles. The topological polar surface area (TPSA) is 27.1 Å². The zero-order valence-corrected chi connectivity index (χ0v) is 14.8. The number of aromatic nitrogens is 2. The van der Waals surface area contributed by atoms with E-state index in [2.05, 4.69) is 40.7 Å². The molecule has 0 spiro atoms. The van der Waals surface area contributed by atoms with Gasteiger partial charge in [0.25, 0.3) is 0 Å². The largest absolute Gasteiger partial charge is 0.372 e. The molecule has 4 heteroatoms. The van der Waals surface area contributed by atoms with Crippen molar-refractivity contribution in [2.24, 2.45) is 0 Å². The number of hydrogen-bond donors (Lipinski definition) is 0. The van der Waals surface area contributed by atoms with Gasteiger partial charge in [0.2, 0.25) is 0 Å². The van der Waals surface area contributed by atoms with Crippen LogP contribution < -0.4 is 0 Å². The van der Waals surface area contributed by atoms with Crippen molar-refractivity contribution in [2.45, 2.75) is 33.6 Å². The van der Waals surface area contributed by atoms with E-state index in [1.807, 2.05) is 37.4 Å². The van der Waals surface area contributed by atoms with Gasteiger partial charge < -0.3 is 9.30 Å². The quantitative estimate of drug-likeness (QED) is 0.637. The lowest BCUT2D eigenvalue weighted by Gasteiger charge is -2.11. The number of nitrogens with zero attached hydrogens (tertiary/aromatic N) is 2. The molecule has 0 aliphatic rings. The Morgan fingerprint density at radius 2 is 1.75 bits per heavy atom. The highest BCUT2D eigenvalue weighted by Gasteiger charge is 2.07. The smallest absolute Gasteiger partial charge is 0.106 e. The highest BCUT2D eigenvalue weighted by atomic mass is 35.5. The summed E-state index contributed by atoms with van der Waals surface area (Å²) in [6.45, 7) is 5.96. The van der Waals surface area contributed by atoms with Gasteiger partial charge >= 0.3 is 0 Å². The second-order valence-electron chi connectivity index (χ2n) is 5.94. The first-order valence-corrected chi connectivity index (χ1v) is 8.39. The van der Waals surface area contributed by atoms with E-state index >= 15 is 0 Å². The molecule has 0 saturated carbocycles. The minimum Gasteiger partial charge on any atom is -0.372 e. The molecule has 0 N–H and O–H groups in total. The summed E-state index contributed by atoms with van der Waals surface area (Å²) >= 11 is 6.46. The summed E-state index contributed by atoms with van der Waals surface area (Å²) in [4.78, 5) is 4.33. The summed E-state index contributed by atoms with van der Waals surface area (Å²) in [5.41, 5.74) is 4.48. The molecule has 0 aliphatic heterocycles. The highest BCUT2D eigenvalue weighted by molar-refractivity contribution is 6.31. The Hall–Kier alpha value is -2.10. The van der Waals surface area contributed by atoms with Gasteiger partial charge in [0, 0.05) is 16.9 Å². The van der Waals surface area contributed by atoms with Crippen LogP contribution in [0.4, 0.5) is 0 Å². The molecule has 0 bridgehead atoms. The molecule has 24 heavy (non-hydrogen) atoms. The van der Waals surface area contributed by atoms with Gasteiger partial charge in [-0.25, -0.2) is 4.98 Å². The lowest BCUT2D eigenvalue weighted by Crippen LogP contribution is -2.05. The first-order valence-electron chi connectivity index (χ1n) is 8.01. The SMILES string of the molecule is Cc1cnc(C)n1Cc1ccc(COCc2ccccc2)cc1Cl. The van der Waals surface area contributed by atoms with Gasteiger partial charge in [-0.3, -0.25) is 0 Å². The molecule has 0 saturated heterocycles. The van der Waals surface area contributed by atoms with E-state index in [0.29, 0.717) is 13.2 Å². The van der Waals surface area contributed by atoms with Crippen LogP contribution in [0.5, 0.6) is 0 Å². The fourth-order valence-corrected chi connectivity index (χ4v) is 2.92. The molecule has 3 nitrogen and oxygen atoms in total. The third-order valence-electron chi connectivity index (χ3n) is 4.08. The third kappa shape index (κ3) is 4.05. The molecule has 0 radical (unpaired) electrons. The Labute approximate surface area is 147 Å². The van der Waals surface area contributed by atoms with Gasteiger partial charge in [0.15, 0.2) is 0 Å². The molecule has 1 aromatic heterocycles. The standard InChI is InChI=1S/C20H21ClN2O/c1-15-11-22-16(2)23(15)12-19-9-8-18(10-20(19)21)14-24-13-17-6-4-3-5-7-17/h3-11H,12-14H2,1-2H3. The number of aryl methyl sites for hydroxylation is 2. The van der Waals surface area contributed by atoms with Crippen LogP contribution in [0, 0.1) is 13.8 Å². The number of halogens is 1. The molecule has 0 unspecified atom stereocenters. The van der Waals surface area contributed by atoms with E-state index in [9.17, 15) is 0 Å². The zero-order valence-electron chi connectivity index (χ0n) is 14.0. The number of imidazole rings is 1. The second-order valence-corrected chi connectivity index (χ2v) is 6.34. The van der Waals surface area contributed by atoms with Crippen LogP contribution in [0.3, 0.4) is 0 Å². The summed E-state index contributed by atoms with van der Waals surface area (Å²) in [5.74, 6) is 0.999. The van der Waals surface area contributed by atoms with E-state index in [-0.39, 0.29) is 0 Å². The average Bonchev–Trinajstić information content (AvgIpc) is 2.90. The first kappa shape index (κ1) is 16.7. The second kappa shape index (κ2) is 7.65. The Morgan fingerprint density at radius 3 is 2.42 bits per heavy atom. The average molecular weight is 341 g/mol. The van der Waals surface area contributed by atoms with E-state index in [0.717, 1.165) is 34.2 Å². The zero-order chi connectivity index (χ0) is 16.9. The van der Waals surface area contributed by atoms with Gasteiger partial charge in [-0.2, -0.15) is 0 Å². The number of benzene rings is 2. The van der Waals surface area contributed by atoms with Crippen molar-refractivity contribution in [3.05, 3.63) is 88.0 Å². The summed E-state index contributed by atoms with van der Waals surface area (Å²) < 4.78 is 7.93. The summed E-state index contributed by atoms with van der Waals surface area (Å²) in [5, 5.41) is 0.767. The molecule has 0 aliphatic carbocycles. The Kier molecular flexibility index (Phi) is 5.34. The predicted octanol–water partition coefficient (Wildman–Crippen LogP) is 4.92. The molecule has 0 amide bonds. The van der Waals surface area contributed by atoms with Gasteiger partial charge in [-0.05, 0) is 36.6 Å². The van der Waals surface area contributed by atoms with Gasteiger partial charge in [0.05, 0.1) is 19.8 Å². The highest BCUT2D eigenvalue weighted by Crippen LogP contribution is 2.21. The van der Waals surface area contributed by atoms with Gasteiger partial charge in [-0.1, -0.05) is 54.1 Å². The normalized spacial score (nSPS) is 11.0. The van der Waals surface area contributed by atoms with Crippen molar-refractivity contribution in [1.82, 2.24) is 9.55 Å². The van der Waals surface area contributed by atoms with Crippen LogP contribution in [0.2, 0.25) is 5.02 Å². The van der Waals surface area contributed by atoms with Crippen molar-refractivity contribution in [1.29, 1.82) is 0 Å². The number of ether oxygens (including phenoxy) is 1. The Morgan fingerprint density at radius 1 is 1.00 bits per heavy atom. The summed E-state index contributed by atoms with van der Waals surface area (Å²) in [6, 6.07) is 16.3. The van der Waals surface area contributed by atoms with Crippen molar-refractivity contribution in [3.8, 4) is 0 Å². The van der Waals surface area contributed by atoms with Crippen LogP contribution in [-0.4, -0.2) is 9.55 Å². The van der Waals surface area contributed by atoms with Gasteiger partial charge in [0.1, 0.15) is 5.82 Å². The molecule has 2 aromatic carbocycles. The minimum atomic E-state index is 0.554. The van der Waals surface area contributed by atoms with Crippen molar-refractivity contribution < 1.29 is 4.74 Å². The van der Waals surface area contributed by atoms with E-state index in [1.165, 1.54) is 5.56 Å². The predicted molar refractivity (Wildman–Crippen MR) is 97.2 cm³/mol. The van der Waals surface area contributed by atoms with Crippen LogP contribution in [0.15, 0.2) is 54.7 Å². The molecular weight excluding hydrogens is 320 g/mol. The van der Waals surface area contributed by atoms with Crippen molar-refractivity contribution in [2.75, 3.05) is 0 Å². The van der Waals surface area contributed by atoms with Crippen molar-refractivity contribution >= 4 is 11.6 Å². The lowest BCUT2D eigenvalue weighted by atomic mass is 10.1. The number of hydrogen-bond acceptors (Lipinski definition) is 2. The third-order valence-corrected chi connectivity index (χ3v) is 4.43. The molecule has 3 rings (SSSR count). The lowest BCUT2D eigenvalue weighted by molar-refractivity contribution is 0.107. The van der Waals surface area contributed by atoms with Crippen molar-refractivity contribution in [3.63, 3.8) is 0 Å². The Bertz CT molecular complexity index is 792. The van der Waals surface area contributed by atoms with E-state index in [4.69, 9.17) is 16.3 Å². The van der Waals surface area contributed by atoms with E-state index in [1.54, 1.807) is 0 Å². The van der Waals surface area contributed by atoms with E-state index < -0.39 is 0 Å². The van der Waals surface area contributed by atoms with Crippen LogP contribution in [0.25, 0.3) is 0 Å². The summed E-state index contributed by atoms with van der Waals surface area (Å²) in [7, 11) is 0. The van der Waals surface area contributed by atoms with Crippen LogP contribution in [0.1, 0.15) is 28.2 Å². The fraction of sp³-hybridized carbons (Fsp3) is 0.250. The maximum atomic E-state index is 6.46. The van der Waals surface area contributed by atoms with Crippen LogP contribution in [-0.2, 0) is 24.5 Å². The molecule has 0 fully saturated rings. The molecular formula is C20H21ClN2O. The maximum absolute atomic E-state index is 6.46. The number of rotatable bonds is 6. The monoisotopic (exact) mass is 340 g/mol. The van der Waals surface area contributed by atoms with Crippen LogP contribution >= 0.6 is 11.6 Å². The Balaban J connectivity index is 1.62. The summed E-state index contributed by atoms with van der Waals surface area (Å²) in [6.07, 6.45) is 1.88. The minimum absolute atomic E-state index is 0.554. The maximum Gasteiger partial charge on any atom is 0.106 e. The molecule has 124 valence electrons. The molecule has 3 aromatic rings. The first-order chi connectivity index (χ1) is 11.6. The molecule has 0 atom stereocenters. The van der Waals surface area contributed by atoms with Gasteiger partial charge in [-0.15, -0.1) is 0 Å².